The fraction of sp³-hybridized carbons (Fsp3) is 0.474. The molecule has 1 aliphatic rings. The minimum atomic E-state index is -0.270. The predicted octanol–water partition coefficient (Wildman–Crippen LogP) is 3.16. The molecule has 2 N–H and O–H groups in total. The van der Waals surface area contributed by atoms with Gasteiger partial charge in [-0.15, -0.1) is 10.2 Å². The van der Waals surface area contributed by atoms with Crippen LogP contribution in [0.2, 0.25) is 0 Å². The maximum atomic E-state index is 12.5. The Kier molecular flexibility index (Phi) is 6.49. The van der Waals surface area contributed by atoms with E-state index in [0.29, 0.717) is 16.9 Å². The highest BCUT2D eigenvalue weighted by Gasteiger charge is 2.22. The van der Waals surface area contributed by atoms with E-state index in [1.807, 2.05) is 35.8 Å². The Balaban J connectivity index is 1.67. The van der Waals surface area contributed by atoms with Crippen LogP contribution in [0.4, 0.5) is 5.69 Å². The molecule has 144 valence electrons. The fourth-order valence-electron chi connectivity index (χ4n) is 3.20. The highest BCUT2D eigenvalue weighted by atomic mass is 32.2. The molecule has 0 bridgehead atoms. The largest absolute Gasteiger partial charge is 0.352 e. The van der Waals surface area contributed by atoms with Crippen LogP contribution in [0.3, 0.4) is 0 Å². The molecule has 1 fully saturated rings. The van der Waals surface area contributed by atoms with E-state index in [-0.39, 0.29) is 17.1 Å². The van der Waals surface area contributed by atoms with E-state index >= 15 is 0 Å². The van der Waals surface area contributed by atoms with Gasteiger partial charge in [0, 0.05) is 18.7 Å². The maximum Gasteiger partial charge on any atom is 0.233 e. The molecular formula is C19H25N5O2S. The smallest absolute Gasteiger partial charge is 0.233 e. The SMILES string of the molecule is CC(=O)Nc1cccc(-n2cnnc2SC(C)C(=O)NC2CCCCC2)c1. The molecule has 3 rings (SSSR count). The van der Waals surface area contributed by atoms with Gasteiger partial charge in [-0.1, -0.05) is 37.1 Å². The lowest BCUT2D eigenvalue weighted by Gasteiger charge is -2.24. The van der Waals surface area contributed by atoms with Gasteiger partial charge in [0.05, 0.1) is 10.9 Å². The number of nitrogens with zero attached hydrogens (tertiary/aromatic N) is 3. The molecular weight excluding hydrogens is 362 g/mol. The Morgan fingerprint density at radius 2 is 2.04 bits per heavy atom. The summed E-state index contributed by atoms with van der Waals surface area (Å²) in [6.45, 7) is 3.36. The molecule has 2 aromatic rings. The molecule has 1 aliphatic carbocycles. The Morgan fingerprint density at radius 3 is 2.78 bits per heavy atom. The molecule has 27 heavy (non-hydrogen) atoms. The van der Waals surface area contributed by atoms with E-state index in [9.17, 15) is 9.59 Å². The third-order valence-electron chi connectivity index (χ3n) is 4.56. The Morgan fingerprint density at radius 1 is 1.26 bits per heavy atom. The van der Waals surface area contributed by atoms with Crippen molar-refractivity contribution >= 4 is 29.3 Å². The second-order valence-corrected chi connectivity index (χ2v) is 8.13. The average Bonchev–Trinajstić information content (AvgIpc) is 3.10. The van der Waals surface area contributed by atoms with Gasteiger partial charge in [-0.3, -0.25) is 14.2 Å². The summed E-state index contributed by atoms with van der Waals surface area (Å²) in [6.07, 6.45) is 7.37. The highest BCUT2D eigenvalue weighted by Crippen LogP contribution is 2.26. The normalized spacial score (nSPS) is 15.9. The Bertz CT molecular complexity index is 801. The summed E-state index contributed by atoms with van der Waals surface area (Å²) in [6, 6.07) is 7.73. The van der Waals surface area contributed by atoms with Crippen molar-refractivity contribution < 1.29 is 9.59 Å². The Hall–Kier alpha value is -2.35. The predicted molar refractivity (Wildman–Crippen MR) is 106 cm³/mol. The molecule has 1 saturated carbocycles. The van der Waals surface area contributed by atoms with Crippen LogP contribution >= 0.6 is 11.8 Å². The maximum absolute atomic E-state index is 12.5. The van der Waals surface area contributed by atoms with Crippen LogP contribution < -0.4 is 10.6 Å². The van der Waals surface area contributed by atoms with Crippen LogP contribution in [-0.2, 0) is 9.59 Å². The molecule has 1 atom stereocenters. The van der Waals surface area contributed by atoms with Gasteiger partial charge >= 0.3 is 0 Å². The van der Waals surface area contributed by atoms with Crippen LogP contribution in [0.1, 0.15) is 46.0 Å². The van der Waals surface area contributed by atoms with Crippen molar-refractivity contribution in [3.8, 4) is 5.69 Å². The topological polar surface area (TPSA) is 88.9 Å². The Labute approximate surface area is 163 Å². The summed E-state index contributed by atoms with van der Waals surface area (Å²) in [5, 5.41) is 14.4. The number of anilines is 1. The zero-order chi connectivity index (χ0) is 19.2. The van der Waals surface area contributed by atoms with Gasteiger partial charge in [-0.2, -0.15) is 0 Å². The van der Waals surface area contributed by atoms with Gasteiger partial charge in [-0.05, 0) is 38.0 Å². The van der Waals surface area contributed by atoms with Crippen molar-refractivity contribution in [3.63, 3.8) is 0 Å². The van der Waals surface area contributed by atoms with E-state index < -0.39 is 0 Å². The standard InChI is InChI=1S/C19H25N5O2S/c1-13(18(26)22-15-7-4-3-5-8-15)27-19-23-20-12-24(19)17-10-6-9-16(11-17)21-14(2)25/h6,9-13,15H,3-5,7-8H2,1-2H3,(H,21,25)(H,22,26). The van der Waals surface area contributed by atoms with Crippen LogP contribution in [0.15, 0.2) is 35.7 Å². The molecule has 2 amide bonds. The number of amides is 2. The molecule has 0 radical (unpaired) electrons. The lowest BCUT2D eigenvalue weighted by molar-refractivity contribution is -0.121. The third-order valence-corrected chi connectivity index (χ3v) is 5.62. The molecule has 1 aromatic heterocycles. The number of rotatable bonds is 6. The van der Waals surface area contributed by atoms with Gasteiger partial charge in [0.2, 0.25) is 11.8 Å². The second kappa shape index (κ2) is 9.03. The zero-order valence-corrected chi connectivity index (χ0v) is 16.5. The number of hydrogen-bond donors (Lipinski definition) is 2. The summed E-state index contributed by atoms with van der Waals surface area (Å²) in [5.74, 6) is -0.0908. The number of carbonyl (C=O) groups excluding carboxylic acids is 2. The number of hydrogen-bond acceptors (Lipinski definition) is 5. The summed E-state index contributed by atoms with van der Waals surface area (Å²) in [4.78, 5) is 23.8. The third kappa shape index (κ3) is 5.32. The summed E-state index contributed by atoms with van der Waals surface area (Å²) in [5.41, 5.74) is 1.53. The van der Waals surface area contributed by atoms with E-state index in [4.69, 9.17) is 0 Å². The molecule has 1 unspecified atom stereocenters. The first kappa shape index (κ1) is 19.4. The van der Waals surface area contributed by atoms with E-state index in [2.05, 4.69) is 20.8 Å². The molecule has 0 spiro atoms. The average molecular weight is 388 g/mol. The number of benzene rings is 1. The van der Waals surface area contributed by atoms with E-state index in [1.54, 1.807) is 6.33 Å². The lowest BCUT2D eigenvalue weighted by Crippen LogP contribution is -2.40. The van der Waals surface area contributed by atoms with Gasteiger partial charge < -0.3 is 10.6 Å². The van der Waals surface area contributed by atoms with Gasteiger partial charge in [0.15, 0.2) is 5.16 Å². The minimum absolute atomic E-state index is 0.0356. The van der Waals surface area contributed by atoms with Crippen molar-refractivity contribution in [1.82, 2.24) is 20.1 Å². The van der Waals surface area contributed by atoms with E-state index in [1.165, 1.54) is 37.9 Å². The summed E-state index contributed by atoms with van der Waals surface area (Å²) < 4.78 is 1.82. The number of nitrogens with one attached hydrogen (secondary N) is 2. The monoisotopic (exact) mass is 387 g/mol. The van der Waals surface area contributed by atoms with Gasteiger partial charge in [0.25, 0.3) is 0 Å². The van der Waals surface area contributed by atoms with Crippen molar-refractivity contribution in [2.45, 2.75) is 62.4 Å². The summed E-state index contributed by atoms with van der Waals surface area (Å²) in [7, 11) is 0. The van der Waals surface area contributed by atoms with Gasteiger partial charge in [0.1, 0.15) is 6.33 Å². The van der Waals surface area contributed by atoms with Crippen LogP contribution in [0, 0.1) is 0 Å². The first-order chi connectivity index (χ1) is 13.0. The van der Waals surface area contributed by atoms with Crippen molar-refractivity contribution in [2.24, 2.45) is 0 Å². The number of thioether (sulfide) groups is 1. The van der Waals surface area contributed by atoms with Crippen molar-refractivity contribution in [1.29, 1.82) is 0 Å². The molecule has 0 saturated heterocycles. The van der Waals surface area contributed by atoms with Crippen LogP contribution in [0.5, 0.6) is 0 Å². The molecule has 8 heteroatoms. The minimum Gasteiger partial charge on any atom is -0.352 e. The second-order valence-electron chi connectivity index (χ2n) is 6.82. The molecule has 0 aliphatic heterocycles. The van der Waals surface area contributed by atoms with Crippen LogP contribution in [-0.4, -0.2) is 37.9 Å². The fourth-order valence-corrected chi connectivity index (χ4v) is 4.05. The van der Waals surface area contributed by atoms with Crippen molar-refractivity contribution in [3.05, 3.63) is 30.6 Å². The quantitative estimate of drug-likeness (QED) is 0.743. The number of carbonyl (C=O) groups is 2. The lowest BCUT2D eigenvalue weighted by atomic mass is 9.95. The first-order valence-corrected chi connectivity index (χ1v) is 10.2. The van der Waals surface area contributed by atoms with E-state index in [0.717, 1.165) is 18.5 Å². The van der Waals surface area contributed by atoms with Gasteiger partial charge in [-0.25, -0.2) is 0 Å². The molecule has 1 heterocycles. The molecule has 7 nitrogen and oxygen atoms in total. The zero-order valence-electron chi connectivity index (χ0n) is 15.6. The summed E-state index contributed by atoms with van der Waals surface area (Å²) >= 11 is 1.38. The number of aromatic nitrogens is 3. The van der Waals surface area contributed by atoms with Crippen LogP contribution in [0.25, 0.3) is 5.69 Å². The molecule has 1 aromatic carbocycles. The first-order valence-electron chi connectivity index (χ1n) is 9.28. The van der Waals surface area contributed by atoms with Crippen molar-refractivity contribution in [2.75, 3.05) is 5.32 Å². The highest BCUT2D eigenvalue weighted by molar-refractivity contribution is 8.00.